The monoisotopic (exact) mass is 300 g/mol. The van der Waals surface area contributed by atoms with Crippen molar-refractivity contribution >= 4 is 5.95 Å². The first-order chi connectivity index (χ1) is 10.6. The third kappa shape index (κ3) is 3.27. The first kappa shape index (κ1) is 15.0. The van der Waals surface area contributed by atoms with Crippen molar-refractivity contribution in [1.29, 1.82) is 0 Å². The second kappa shape index (κ2) is 6.44. The Kier molecular flexibility index (Phi) is 4.38. The van der Waals surface area contributed by atoms with Crippen LogP contribution in [0.3, 0.4) is 0 Å². The van der Waals surface area contributed by atoms with Crippen molar-refractivity contribution in [2.24, 2.45) is 0 Å². The molecule has 1 saturated heterocycles. The lowest BCUT2D eigenvalue weighted by Crippen LogP contribution is -2.37. The molecule has 6 heteroatoms. The van der Waals surface area contributed by atoms with E-state index in [0.717, 1.165) is 42.9 Å². The lowest BCUT2D eigenvalue weighted by atomic mass is 10.0. The van der Waals surface area contributed by atoms with Crippen molar-refractivity contribution in [3.63, 3.8) is 0 Å². The number of hydrogen-bond acceptors (Lipinski definition) is 5. The fourth-order valence-electron chi connectivity index (χ4n) is 2.86. The topological polar surface area (TPSA) is 69.7 Å². The summed E-state index contributed by atoms with van der Waals surface area (Å²) in [5.74, 6) is 1.07. The zero-order chi connectivity index (χ0) is 15.5. The Hall–Kier alpha value is -1.95. The zero-order valence-corrected chi connectivity index (χ0v) is 13.5. The van der Waals surface area contributed by atoms with Gasteiger partial charge in [0, 0.05) is 24.0 Å². The molecule has 1 aliphatic rings. The molecule has 0 saturated carbocycles. The number of aromatic nitrogens is 4. The number of H-pyrrole nitrogens is 1. The van der Waals surface area contributed by atoms with E-state index < -0.39 is 0 Å². The first-order valence-corrected chi connectivity index (χ1v) is 7.95. The summed E-state index contributed by atoms with van der Waals surface area (Å²) in [6.07, 6.45) is 5.99. The first-order valence-electron chi connectivity index (χ1n) is 7.95. The molecule has 0 aromatic carbocycles. The minimum Gasteiger partial charge on any atom is -0.351 e. The molecule has 1 fully saturated rings. The molecule has 0 spiro atoms. The van der Waals surface area contributed by atoms with Crippen LogP contribution in [0.4, 0.5) is 5.95 Å². The van der Waals surface area contributed by atoms with Gasteiger partial charge in [-0.25, -0.2) is 9.97 Å². The molecule has 0 radical (unpaired) electrons. The Morgan fingerprint density at radius 2 is 2.09 bits per heavy atom. The maximum absolute atomic E-state index is 4.68. The van der Waals surface area contributed by atoms with Gasteiger partial charge >= 0.3 is 0 Å². The summed E-state index contributed by atoms with van der Waals surface area (Å²) in [4.78, 5) is 11.4. The number of nitrogens with zero attached hydrogens (tertiary/aromatic N) is 4. The average Bonchev–Trinajstić information content (AvgIpc) is 3.00. The lowest BCUT2D eigenvalue weighted by Gasteiger charge is -2.29. The van der Waals surface area contributed by atoms with Gasteiger partial charge in [0.2, 0.25) is 5.95 Å². The van der Waals surface area contributed by atoms with Crippen LogP contribution in [-0.2, 0) is 0 Å². The molecule has 6 nitrogen and oxygen atoms in total. The third-order valence-electron chi connectivity index (χ3n) is 4.20. The molecule has 0 unspecified atom stereocenters. The standard InChI is InChI=1S/C16H24N6/c1-11(2)15-13(10-18-21-15)14-4-7-17-16(20-14)19-12-5-8-22(3)9-6-12/h4,7,10-12H,5-6,8-9H2,1-3H3,(H,18,21)(H,17,19,20). The number of nitrogens with one attached hydrogen (secondary N) is 2. The van der Waals surface area contributed by atoms with Gasteiger partial charge in [0.05, 0.1) is 11.4 Å². The molecule has 118 valence electrons. The molecule has 0 atom stereocenters. The second-order valence-corrected chi connectivity index (χ2v) is 6.33. The van der Waals surface area contributed by atoms with E-state index in [0.29, 0.717) is 17.9 Å². The smallest absolute Gasteiger partial charge is 0.223 e. The third-order valence-corrected chi connectivity index (χ3v) is 4.20. The molecule has 0 bridgehead atoms. The number of anilines is 1. The van der Waals surface area contributed by atoms with Gasteiger partial charge in [-0.2, -0.15) is 5.10 Å². The van der Waals surface area contributed by atoms with E-state index in [-0.39, 0.29) is 0 Å². The van der Waals surface area contributed by atoms with Crippen LogP contribution in [0.2, 0.25) is 0 Å². The van der Waals surface area contributed by atoms with Gasteiger partial charge < -0.3 is 10.2 Å². The van der Waals surface area contributed by atoms with Gasteiger partial charge in [0.1, 0.15) is 0 Å². The number of hydrogen-bond donors (Lipinski definition) is 2. The Balaban J connectivity index is 1.76. The number of piperidine rings is 1. The molecule has 1 aliphatic heterocycles. The van der Waals surface area contributed by atoms with Crippen LogP contribution in [0.15, 0.2) is 18.5 Å². The highest BCUT2D eigenvalue weighted by Crippen LogP contribution is 2.26. The predicted octanol–water partition coefficient (Wildman–Crippen LogP) is 2.50. The molecule has 2 N–H and O–H groups in total. The summed E-state index contributed by atoms with van der Waals surface area (Å²) in [5.41, 5.74) is 3.02. The zero-order valence-electron chi connectivity index (χ0n) is 13.5. The average molecular weight is 300 g/mol. The fourth-order valence-corrected chi connectivity index (χ4v) is 2.86. The Labute approximate surface area is 131 Å². The Bertz CT molecular complexity index is 613. The second-order valence-electron chi connectivity index (χ2n) is 6.33. The lowest BCUT2D eigenvalue weighted by molar-refractivity contribution is 0.263. The van der Waals surface area contributed by atoms with Crippen molar-refractivity contribution in [1.82, 2.24) is 25.1 Å². The van der Waals surface area contributed by atoms with E-state index in [2.05, 4.69) is 51.3 Å². The minimum absolute atomic E-state index is 0.363. The number of aromatic amines is 1. The highest BCUT2D eigenvalue weighted by atomic mass is 15.2. The van der Waals surface area contributed by atoms with Crippen molar-refractivity contribution in [3.8, 4) is 11.3 Å². The van der Waals surface area contributed by atoms with Crippen molar-refractivity contribution in [2.45, 2.75) is 38.6 Å². The van der Waals surface area contributed by atoms with E-state index in [4.69, 9.17) is 0 Å². The number of rotatable bonds is 4. The molecule has 3 heterocycles. The predicted molar refractivity (Wildman–Crippen MR) is 87.8 cm³/mol. The van der Waals surface area contributed by atoms with Crippen molar-refractivity contribution < 1.29 is 0 Å². The van der Waals surface area contributed by atoms with Crippen LogP contribution in [0.1, 0.15) is 38.3 Å². The summed E-state index contributed by atoms with van der Waals surface area (Å²) < 4.78 is 0. The maximum atomic E-state index is 4.68. The van der Waals surface area contributed by atoms with Crippen LogP contribution in [-0.4, -0.2) is 51.2 Å². The van der Waals surface area contributed by atoms with Gasteiger partial charge in [0.15, 0.2) is 0 Å². The highest BCUT2D eigenvalue weighted by molar-refractivity contribution is 5.62. The van der Waals surface area contributed by atoms with E-state index >= 15 is 0 Å². The molecular weight excluding hydrogens is 276 g/mol. The fraction of sp³-hybridized carbons (Fsp3) is 0.562. The summed E-state index contributed by atoms with van der Waals surface area (Å²) in [6, 6.07) is 2.40. The van der Waals surface area contributed by atoms with E-state index in [1.54, 1.807) is 0 Å². The molecule has 0 aliphatic carbocycles. The molecule has 0 amide bonds. The van der Waals surface area contributed by atoms with Gasteiger partial charge in [-0.15, -0.1) is 0 Å². The quantitative estimate of drug-likeness (QED) is 0.908. The van der Waals surface area contributed by atoms with Crippen LogP contribution < -0.4 is 5.32 Å². The summed E-state index contributed by atoms with van der Waals surface area (Å²) in [5, 5.41) is 10.8. The van der Waals surface area contributed by atoms with Crippen LogP contribution >= 0.6 is 0 Å². The SMILES string of the molecule is CC(C)c1n[nH]cc1-c1ccnc(NC2CCN(C)CC2)n1. The molecule has 2 aromatic heterocycles. The normalized spacial score (nSPS) is 17.1. The minimum atomic E-state index is 0.363. The van der Waals surface area contributed by atoms with E-state index in [9.17, 15) is 0 Å². The van der Waals surface area contributed by atoms with Gasteiger partial charge in [0.25, 0.3) is 0 Å². The Morgan fingerprint density at radius 1 is 1.32 bits per heavy atom. The summed E-state index contributed by atoms with van der Waals surface area (Å²) in [7, 11) is 2.17. The van der Waals surface area contributed by atoms with Crippen LogP contribution in [0.5, 0.6) is 0 Å². The Morgan fingerprint density at radius 3 is 2.82 bits per heavy atom. The summed E-state index contributed by atoms with van der Waals surface area (Å²) >= 11 is 0. The number of likely N-dealkylation sites (tertiary alicyclic amines) is 1. The maximum Gasteiger partial charge on any atom is 0.223 e. The van der Waals surface area contributed by atoms with Gasteiger partial charge in [-0.05, 0) is 45.0 Å². The van der Waals surface area contributed by atoms with Crippen molar-refractivity contribution in [2.75, 3.05) is 25.5 Å². The van der Waals surface area contributed by atoms with Crippen LogP contribution in [0, 0.1) is 0 Å². The largest absolute Gasteiger partial charge is 0.351 e. The van der Waals surface area contributed by atoms with Gasteiger partial charge in [-0.1, -0.05) is 13.8 Å². The highest BCUT2D eigenvalue weighted by Gasteiger charge is 2.18. The van der Waals surface area contributed by atoms with Gasteiger partial charge in [-0.3, -0.25) is 5.10 Å². The molecule has 2 aromatic rings. The van der Waals surface area contributed by atoms with E-state index in [1.807, 2.05) is 18.5 Å². The molecular formula is C16H24N6. The summed E-state index contributed by atoms with van der Waals surface area (Å²) in [6.45, 7) is 6.52. The van der Waals surface area contributed by atoms with Crippen molar-refractivity contribution in [3.05, 3.63) is 24.2 Å². The van der Waals surface area contributed by atoms with Crippen LogP contribution in [0.25, 0.3) is 11.3 Å². The molecule has 3 rings (SSSR count). The molecule has 22 heavy (non-hydrogen) atoms. The van der Waals surface area contributed by atoms with E-state index in [1.165, 1.54) is 0 Å².